The number of anilines is 2. The first-order chi connectivity index (χ1) is 9.68. The Kier molecular flexibility index (Phi) is 4.00. The average Bonchev–Trinajstić information content (AvgIpc) is 2.39. The first-order valence-electron chi connectivity index (χ1n) is 7.45. The van der Waals surface area contributed by atoms with Crippen LogP contribution in [-0.2, 0) is 0 Å². The van der Waals surface area contributed by atoms with Gasteiger partial charge in [-0.3, -0.25) is 0 Å². The third-order valence-corrected chi connectivity index (χ3v) is 3.87. The summed E-state index contributed by atoms with van der Waals surface area (Å²) in [6.07, 6.45) is 0. The van der Waals surface area contributed by atoms with Gasteiger partial charge < -0.3 is 19.7 Å². The molecule has 1 aliphatic rings. The minimum absolute atomic E-state index is 0.0554. The van der Waals surface area contributed by atoms with Gasteiger partial charge in [0, 0.05) is 25.2 Å². The Morgan fingerprint density at radius 2 is 1.71 bits per heavy atom. The maximum Gasteiger partial charge on any atom is 0.162 e. The molecule has 0 unspecified atom stereocenters. The number of fused-ring (bicyclic) bond motifs is 1. The number of nitrogens with zero attached hydrogens (tertiary/aromatic N) is 1. The largest absolute Gasteiger partial charge is 0.493 e. The molecule has 1 heterocycles. The fourth-order valence-electron chi connectivity index (χ4n) is 2.74. The summed E-state index contributed by atoms with van der Waals surface area (Å²) < 4.78 is 10.9. The lowest BCUT2D eigenvalue weighted by Crippen LogP contribution is -2.54. The van der Waals surface area contributed by atoms with Crippen LogP contribution in [0, 0.1) is 5.41 Å². The van der Waals surface area contributed by atoms with E-state index in [2.05, 4.69) is 50.9 Å². The van der Waals surface area contributed by atoms with Gasteiger partial charge in [0.05, 0.1) is 31.1 Å². The molecule has 1 aromatic rings. The SMILES string of the molecule is COc1cc2c(cc1OC)N(CC(C)(C)C)C(C)(C)CN2. The van der Waals surface area contributed by atoms with Gasteiger partial charge in [-0.15, -0.1) is 0 Å². The normalized spacial score (nSPS) is 17.0. The van der Waals surface area contributed by atoms with Crippen molar-refractivity contribution in [2.45, 2.75) is 40.2 Å². The van der Waals surface area contributed by atoms with Crippen molar-refractivity contribution in [3.8, 4) is 11.5 Å². The lowest BCUT2D eigenvalue weighted by Gasteiger charge is -2.48. The Morgan fingerprint density at radius 3 is 2.24 bits per heavy atom. The lowest BCUT2D eigenvalue weighted by molar-refractivity contribution is 0.346. The van der Waals surface area contributed by atoms with E-state index in [-0.39, 0.29) is 11.0 Å². The van der Waals surface area contributed by atoms with Crippen molar-refractivity contribution in [2.24, 2.45) is 5.41 Å². The Labute approximate surface area is 128 Å². The van der Waals surface area contributed by atoms with Crippen LogP contribution in [0.25, 0.3) is 0 Å². The van der Waals surface area contributed by atoms with Gasteiger partial charge in [0.15, 0.2) is 11.5 Å². The number of nitrogens with one attached hydrogen (secondary N) is 1. The molecule has 0 spiro atoms. The van der Waals surface area contributed by atoms with E-state index >= 15 is 0 Å². The second kappa shape index (κ2) is 5.32. The van der Waals surface area contributed by atoms with E-state index in [0.717, 1.165) is 30.3 Å². The van der Waals surface area contributed by atoms with E-state index in [1.54, 1.807) is 14.2 Å². The Morgan fingerprint density at radius 1 is 1.14 bits per heavy atom. The molecule has 4 nitrogen and oxygen atoms in total. The fourth-order valence-corrected chi connectivity index (χ4v) is 2.74. The number of benzene rings is 1. The van der Waals surface area contributed by atoms with E-state index in [4.69, 9.17) is 9.47 Å². The maximum absolute atomic E-state index is 5.47. The van der Waals surface area contributed by atoms with Crippen molar-refractivity contribution in [1.82, 2.24) is 0 Å². The molecule has 4 heteroatoms. The third-order valence-electron chi connectivity index (χ3n) is 3.87. The molecule has 0 atom stereocenters. The van der Waals surface area contributed by atoms with Crippen LogP contribution in [0.3, 0.4) is 0 Å². The van der Waals surface area contributed by atoms with E-state index in [9.17, 15) is 0 Å². The number of hydrogen-bond donors (Lipinski definition) is 1. The van der Waals surface area contributed by atoms with Crippen LogP contribution in [-0.4, -0.2) is 32.8 Å². The van der Waals surface area contributed by atoms with Crippen molar-refractivity contribution in [3.05, 3.63) is 12.1 Å². The summed E-state index contributed by atoms with van der Waals surface area (Å²) in [4.78, 5) is 2.47. The molecule has 1 aromatic carbocycles. The molecule has 118 valence electrons. The van der Waals surface area contributed by atoms with E-state index < -0.39 is 0 Å². The maximum atomic E-state index is 5.47. The van der Waals surface area contributed by atoms with Gasteiger partial charge >= 0.3 is 0 Å². The molecule has 0 bridgehead atoms. The second-order valence-electron chi connectivity index (χ2n) is 7.54. The molecule has 0 saturated heterocycles. The number of ether oxygens (including phenoxy) is 2. The van der Waals surface area contributed by atoms with Crippen LogP contribution < -0.4 is 19.7 Å². The summed E-state index contributed by atoms with van der Waals surface area (Å²) in [6.45, 7) is 13.2. The molecule has 2 rings (SSSR count). The van der Waals surface area contributed by atoms with Gasteiger partial charge in [-0.2, -0.15) is 0 Å². The molecule has 0 fully saturated rings. The number of rotatable bonds is 3. The third kappa shape index (κ3) is 3.20. The van der Waals surface area contributed by atoms with Gasteiger partial charge in [0.1, 0.15) is 0 Å². The van der Waals surface area contributed by atoms with E-state index in [1.165, 1.54) is 5.69 Å². The zero-order chi connectivity index (χ0) is 15.8. The van der Waals surface area contributed by atoms with Gasteiger partial charge in [-0.1, -0.05) is 20.8 Å². The highest BCUT2D eigenvalue weighted by Crippen LogP contribution is 2.44. The summed E-state index contributed by atoms with van der Waals surface area (Å²) in [6, 6.07) is 4.10. The summed E-state index contributed by atoms with van der Waals surface area (Å²) in [5.74, 6) is 1.54. The van der Waals surface area contributed by atoms with E-state index in [1.807, 2.05) is 6.07 Å². The molecule has 0 aliphatic carbocycles. The molecule has 1 aliphatic heterocycles. The Bertz CT molecular complexity index is 518. The van der Waals surface area contributed by atoms with Crippen LogP contribution in [0.1, 0.15) is 34.6 Å². The van der Waals surface area contributed by atoms with Gasteiger partial charge in [-0.05, 0) is 19.3 Å². The highest BCUT2D eigenvalue weighted by molar-refractivity contribution is 5.78. The zero-order valence-electron chi connectivity index (χ0n) is 14.3. The van der Waals surface area contributed by atoms with Gasteiger partial charge in [0.25, 0.3) is 0 Å². The minimum atomic E-state index is 0.0554. The smallest absolute Gasteiger partial charge is 0.162 e. The summed E-state index contributed by atoms with van der Waals surface area (Å²) in [7, 11) is 3.35. The van der Waals surface area contributed by atoms with Crippen molar-refractivity contribution < 1.29 is 9.47 Å². The minimum Gasteiger partial charge on any atom is -0.493 e. The van der Waals surface area contributed by atoms with Crippen molar-refractivity contribution in [3.63, 3.8) is 0 Å². The molecular formula is C17H28N2O2. The molecule has 21 heavy (non-hydrogen) atoms. The lowest BCUT2D eigenvalue weighted by atomic mass is 9.90. The van der Waals surface area contributed by atoms with Crippen LogP contribution in [0.2, 0.25) is 0 Å². The number of hydrogen-bond acceptors (Lipinski definition) is 4. The average molecular weight is 292 g/mol. The summed E-state index contributed by atoms with van der Waals surface area (Å²) >= 11 is 0. The van der Waals surface area contributed by atoms with Crippen molar-refractivity contribution in [2.75, 3.05) is 37.5 Å². The standard InChI is InChI=1S/C17H28N2O2/c1-16(2,3)11-19-13-9-15(21-7)14(20-6)8-12(13)18-10-17(19,4)5/h8-9,18H,10-11H2,1-7H3. The number of methoxy groups -OCH3 is 2. The first kappa shape index (κ1) is 15.8. The molecule has 0 aromatic heterocycles. The molecule has 1 N–H and O–H groups in total. The zero-order valence-corrected chi connectivity index (χ0v) is 14.3. The molecule has 0 amide bonds. The van der Waals surface area contributed by atoms with Crippen molar-refractivity contribution in [1.29, 1.82) is 0 Å². The van der Waals surface area contributed by atoms with Crippen molar-refractivity contribution >= 4 is 11.4 Å². The molecule has 0 radical (unpaired) electrons. The van der Waals surface area contributed by atoms with Gasteiger partial charge in [0.2, 0.25) is 0 Å². The van der Waals surface area contributed by atoms with Crippen LogP contribution in [0.4, 0.5) is 11.4 Å². The fraction of sp³-hybridized carbons (Fsp3) is 0.647. The quantitative estimate of drug-likeness (QED) is 0.919. The summed E-state index contributed by atoms with van der Waals surface area (Å²) in [5.41, 5.74) is 2.56. The van der Waals surface area contributed by atoms with Crippen LogP contribution >= 0.6 is 0 Å². The predicted molar refractivity (Wildman–Crippen MR) is 88.9 cm³/mol. The predicted octanol–water partition coefficient (Wildman–Crippen LogP) is 3.76. The summed E-state index contributed by atoms with van der Waals surface area (Å²) in [5, 5.41) is 3.52. The van der Waals surface area contributed by atoms with E-state index in [0.29, 0.717) is 0 Å². The van der Waals surface area contributed by atoms with Crippen LogP contribution in [0.5, 0.6) is 11.5 Å². The first-order valence-corrected chi connectivity index (χ1v) is 7.45. The topological polar surface area (TPSA) is 33.7 Å². The highest BCUT2D eigenvalue weighted by atomic mass is 16.5. The monoisotopic (exact) mass is 292 g/mol. The van der Waals surface area contributed by atoms with Crippen LogP contribution in [0.15, 0.2) is 12.1 Å². The Balaban J connectivity index is 2.51. The Hall–Kier alpha value is -1.58. The molecule has 0 saturated carbocycles. The molecular weight excluding hydrogens is 264 g/mol. The van der Waals surface area contributed by atoms with Gasteiger partial charge in [-0.25, -0.2) is 0 Å². The second-order valence-corrected chi connectivity index (χ2v) is 7.54. The highest BCUT2D eigenvalue weighted by Gasteiger charge is 2.35.